The van der Waals surface area contributed by atoms with E-state index >= 15 is 0 Å². The molecule has 0 radical (unpaired) electrons. The summed E-state index contributed by atoms with van der Waals surface area (Å²) in [4.78, 5) is 38.3. The molecule has 170 valence electrons. The van der Waals surface area contributed by atoms with Crippen LogP contribution in [0.3, 0.4) is 0 Å². The van der Waals surface area contributed by atoms with E-state index in [1.165, 1.54) is 0 Å². The molecule has 3 N–H and O–H groups in total. The minimum Gasteiger partial charge on any atom is -0.484 e. The lowest BCUT2D eigenvalue weighted by Gasteiger charge is -2.17. The zero-order valence-corrected chi connectivity index (χ0v) is 18.6. The van der Waals surface area contributed by atoms with E-state index in [0.29, 0.717) is 11.4 Å². The van der Waals surface area contributed by atoms with Gasteiger partial charge in [0, 0.05) is 30.9 Å². The van der Waals surface area contributed by atoms with Gasteiger partial charge in [0.2, 0.25) is 11.8 Å². The van der Waals surface area contributed by atoms with Crippen LogP contribution in [-0.4, -0.2) is 48.6 Å². The molecule has 2 atom stereocenters. The minimum atomic E-state index is -0.636. The van der Waals surface area contributed by atoms with Crippen molar-refractivity contribution in [2.45, 2.75) is 33.3 Å². The van der Waals surface area contributed by atoms with E-state index in [-0.39, 0.29) is 43.8 Å². The van der Waals surface area contributed by atoms with Gasteiger partial charge in [-0.25, -0.2) is 0 Å². The van der Waals surface area contributed by atoms with Gasteiger partial charge in [-0.1, -0.05) is 17.7 Å². The van der Waals surface area contributed by atoms with E-state index < -0.39 is 12.0 Å². The number of aryl methyl sites for hydroxylation is 2. The molecular formula is C24H29N3O5. The molecule has 0 unspecified atom stereocenters. The number of aliphatic hydroxyl groups is 1. The first-order chi connectivity index (χ1) is 15.2. The predicted molar refractivity (Wildman–Crippen MR) is 122 cm³/mol. The Kier molecular flexibility index (Phi) is 7.48. The Hall–Kier alpha value is -3.39. The summed E-state index contributed by atoms with van der Waals surface area (Å²) in [6.07, 6.45) is -0.509. The van der Waals surface area contributed by atoms with Crippen LogP contribution in [0.15, 0.2) is 42.5 Å². The van der Waals surface area contributed by atoms with Crippen LogP contribution < -0.4 is 20.3 Å². The zero-order valence-electron chi connectivity index (χ0n) is 18.6. The molecule has 0 spiro atoms. The molecule has 1 saturated heterocycles. The lowest BCUT2D eigenvalue weighted by atomic mass is 10.1. The number of amides is 3. The van der Waals surface area contributed by atoms with Gasteiger partial charge >= 0.3 is 0 Å². The SMILES string of the molecule is Cc1ccc(NC(=O)COc2ccc(N3C[C@@H](C(=O)NC[C@H](C)O)CC3=O)cc2)c(C)c1. The number of aliphatic hydroxyl groups excluding tert-OH is 1. The van der Waals surface area contributed by atoms with Gasteiger partial charge in [0.25, 0.3) is 5.91 Å². The van der Waals surface area contributed by atoms with Crippen LogP contribution in [0.1, 0.15) is 24.5 Å². The first-order valence-corrected chi connectivity index (χ1v) is 10.6. The number of nitrogens with one attached hydrogen (secondary N) is 2. The number of nitrogens with zero attached hydrogens (tertiary/aromatic N) is 1. The highest BCUT2D eigenvalue weighted by Crippen LogP contribution is 2.27. The third kappa shape index (κ3) is 6.07. The van der Waals surface area contributed by atoms with E-state index in [1.54, 1.807) is 36.1 Å². The average Bonchev–Trinajstić information content (AvgIpc) is 3.14. The summed E-state index contributed by atoms with van der Waals surface area (Å²) < 4.78 is 5.56. The van der Waals surface area contributed by atoms with Crippen LogP contribution in [0.5, 0.6) is 5.75 Å². The van der Waals surface area contributed by atoms with Crippen molar-refractivity contribution in [1.29, 1.82) is 0 Å². The third-order valence-corrected chi connectivity index (χ3v) is 5.24. The number of benzene rings is 2. The van der Waals surface area contributed by atoms with Crippen molar-refractivity contribution in [3.05, 3.63) is 53.6 Å². The molecule has 2 aromatic carbocycles. The molecule has 1 aliphatic heterocycles. The third-order valence-electron chi connectivity index (χ3n) is 5.24. The molecule has 1 aliphatic rings. The molecule has 8 nitrogen and oxygen atoms in total. The Morgan fingerprint density at radius 3 is 2.56 bits per heavy atom. The summed E-state index contributed by atoms with van der Waals surface area (Å²) in [5, 5.41) is 14.8. The van der Waals surface area contributed by atoms with E-state index in [9.17, 15) is 19.5 Å². The van der Waals surface area contributed by atoms with Crippen LogP contribution in [-0.2, 0) is 14.4 Å². The second-order valence-corrected chi connectivity index (χ2v) is 8.15. The monoisotopic (exact) mass is 439 g/mol. The quantitative estimate of drug-likeness (QED) is 0.584. The zero-order chi connectivity index (χ0) is 23.3. The maximum Gasteiger partial charge on any atom is 0.262 e. The van der Waals surface area contributed by atoms with Crippen molar-refractivity contribution in [2.75, 3.05) is 29.9 Å². The second kappa shape index (κ2) is 10.3. The first kappa shape index (κ1) is 23.3. The largest absolute Gasteiger partial charge is 0.484 e. The Balaban J connectivity index is 1.52. The van der Waals surface area contributed by atoms with E-state index in [0.717, 1.165) is 16.8 Å². The molecule has 0 aliphatic carbocycles. The highest BCUT2D eigenvalue weighted by atomic mass is 16.5. The number of hydrogen-bond donors (Lipinski definition) is 3. The van der Waals surface area contributed by atoms with E-state index in [4.69, 9.17) is 4.74 Å². The molecule has 32 heavy (non-hydrogen) atoms. The van der Waals surface area contributed by atoms with Crippen molar-refractivity contribution in [3.8, 4) is 5.75 Å². The van der Waals surface area contributed by atoms with Crippen LogP contribution in [0, 0.1) is 19.8 Å². The van der Waals surface area contributed by atoms with E-state index in [2.05, 4.69) is 10.6 Å². The topological polar surface area (TPSA) is 108 Å². The summed E-state index contributed by atoms with van der Waals surface area (Å²) in [5.74, 6) is -0.587. The van der Waals surface area contributed by atoms with Crippen LogP contribution >= 0.6 is 0 Å². The maximum absolute atomic E-state index is 12.4. The van der Waals surface area contributed by atoms with Gasteiger partial charge in [0.1, 0.15) is 5.75 Å². The Morgan fingerprint density at radius 2 is 1.91 bits per heavy atom. The van der Waals surface area contributed by atoms with E-state index in [1.807, 2.05) is 32.0 Å². The molecule has 0 saturated carbocycles. The van der Waals surface area contributed by atoms with Crippen molar-refractivity contribution in [3.63, 3.8) is 0 Å². The molecular weight excluding hydrogens is 410 g/mol. The number of carbonyl (C=O) groups is 3. The van der Waals surface area contributed by atoms with Crippen molar-refractivity contribution < 1.29 is 24.2 Å². The molecule has 0 aromatic heterocycles. The molecule has 2 aromatic rings. The van der Waals surface area contributed by atoms with Crippen molar-refractivity contribution >= 4 is 29.1 Å². The number of rotatable bonds is 8. The summed E-state index contributed by atoms with van der Waals surface area (Å²) in [5.41, 5.74) is 3.52. The number of ether oxygens (including phenoxy) is 1. The summed E-state index contributed by atoms with van der Waals surface area (Å²) in [7, 11) is 0. The van der Waals surface area contributed by atoms with Gasteiger partial charge in [-0.3, -0.25) is 14.4 Å². The fraction of sp³-hybridized carbons (Fsp3) is 0.375. The maximum atomic E-state index is 12.4. The van der Waals surface area contributed by atoms with Crippen LogP contribution in [0.2, 0.25) is 0 Å². The summed E-state index contributed by atoms with van der Waals surface area (Å²) in [6, 6.07) is 12.6. The number of hydrogen-bond acceptors (Lipinski definition) is 5. The molecule has 3 amide bonds. The Morgan fingerprint density at radius 1 is 1.19 bits per heavy atom. The predicted octanol–water partition coefficient (Wildman–Crippen LogP) is 2.17. The Labute approximate surface area is 187 Å². The fourth-order valence-electron chi connectivity index (χ4n) is 3.54. The lowest BCUT2D eigenvalue weighted by molar-refractivity contribution is -0.126. The standard InChI is InChI=1S/C24H29N3O5/c1-15-4-9-21(16(2)10-15)26-22(29)14-32-20-7-5-19(6-8-20)27-13-18(11-23(27)30)24(31)25-12-17(3)28/h4-10,17-18,28H,11-14H2,1-3H3,(H,25,31)(H,26,29)/t17-,18-/m0/s1. The average molecular weight is 440 g/mol. The second-order valence-electron chi connectivity index (χ2n) is 8.15. The van der Waals surface area contributed by atoms with Crippen molar-refractivity contribution in [2.24, 2.45) is 5.92 Å². The number of carbonyl (C=O) groups excluding carboxylic acids is 3. The van der Waals surface area contributed by atoms with Gasteiger partial charge in [-0.15, -0.1) is 0 Å². The molecule has 8 heteroatoms. The molecule has 3 rings (SSSR count). The van der Waals surface area contributed by atoms with Gasteiger partial charge in [0.05, 0.1) is 12.0 Å². The lowest BCUT2D eigenvalue weighted by Crippen LogP contribution is -2.36. The Bertz CT molecular complexity index is 988. The minimum absolute atomic E-state index is 0.127. The highest BCUT2D eigenvalue weighted by Gasteiger charge is 2.35. The van der Waals surface area contributed by atoms with Crippen molar-refractivity contribution in [1.82, 2.24) is 5.32 Å². The first-order valence-electron chi connectivity index (χ1n) is 10.6. The summed E-state index contributed by atoms with van der Waals surface area (Å²) >= 11 is 0. The molecule has 1 heterocycles. The van der Waals surface area contributed by atoms with Gasteiger partial charge in [0.15, 0.2) is 6.61 Å². The van der Waals surface area contributed by atoms with Gasteiger partial charge < -0.3 is 25.4 Å². The molecule has 1 fully saturated rings. The summed E-state index contributed by atoms with van der Waals surface area (Å²) in [6.45, 7) is 5.82. The van der Waals surface area contributed by atoms with Crippen LogP contribution in [0.25, 0.3) is 0 Å². The normalized spacial score (nSPS) is 16.6. The van der Waals surface area contributed by atoms with Gasteiger partial charge in [-0.05, 0) is 56.7 Å². The number of anilines is 2. The highest BCUT2D eigenvalue weighted by molar-refractivity contribution is 6.00. The fourth-order valence-corrected chi connectivity index (χ4v) is 3.54. The smallest absolute Gasteiger partial charge is 0.262 e. The molecule has 0 bridgehead atoms. The van der Waals surface area contributed by atoms with Crippen LogP contribution in [0.4, 0.5) is 11.4 Å². The van der Waals surface area contributed by atoms with Gasteiger partial charge in [-0.2, -0.15) is 0 Å².